The van der Waals surface area contributed by atoms with Gasteiger partial charge in [0.15, 0.2) is 0 Å². The van der Waals surface area contributed by atoms with Crippen LogP contribution in [0.1, 0.15) is 12.5 Å². The summed E-state index contributed by atoms with van der Waals surface area (Å²) in [7, 11) is 3.44. The van der Waals surface area contributed by atoms with Crippen molar-refractivity contribution < 1.29 is 9.53 Å². The Kier molecular flexibility index (Phi) is 6.72. The molecule has 2 N–H and O–H groups in total. The predicted molar refractivity (Wildman–Crippen MR) is 79.1 cm³/mol. The van der Waals surface area contributed by atoms with Gasteiger partial charge in [0.05, 0.1) is 13.2 Å². The average molecular weight is 281 g/mol. The second-order valence-corrected chi connectivity index (χ2v) is 4.43. The molecule has 0 saturated heterocycles. The Morgan fingerprint density at radius 3 is 2.90 bits per heavy atom. The van der Waals surface area contributed by atoms with Crippen LogP contribution in [-0.2, 0) is 9.53 Å². The summed E-state index contributed by atoms with van der Waals surface area (Å²) >= 11 is 0. The highest BCUT2D eigenvalue weighted by atomic mass is 16.5. The minimum Gasteiger partial charge on any atom is -0.383 e. The third-order valence-corrected chi connectivity index (χ3v) is 2.65. The summed E-state index contributed by atoms with van der Waals surface area (Å²) in [5, 5.41) is 5.84. The number of nitrogens with one attached hydrogen (secondary N) is 2. The van der Waals surface area contributed by atoms with E-state index in [1.807, 2.05) is 20.9 Å². The first-order valence-electron chi connectivity index (χ1n) is 6.62. The summed E-state index contributed by atoms with van der Waals surface area (Å²) in [6, 6.07) is 0. The molecule has 1 amide bonds. The molecule has 20 heavy (non-hydrogen) atoms. The van der Waals surface area contributed by atoms with Gasteiger partial charge in [0.25, 0.3) is 0 Å². The van der Waals surface area contributed by atoms with E-state index in [2.05, 4.69) is 20.6 Å². The summed E-state index contributed by atoms with van der Waals surface area (Å²) in [5.74, 6) is 1.25. The molecule has 1 aromatic heterocycles. The van der Waals surface area contributed by atoms with Crippen LogP contribution >= 0.6 is 0 Å². The third kappa shape index (κ3) is 5.00. The zero-order valence-electron chi connectivity index (χ0n) is 12.6. The number of aryl methyl sites for hydroxylation is 1. The fourth-order valence-electron chi connectivity index (χ4n) is 1.70. The molecule has 0 aromatic carbocycles. The number of anilines is 2. The van der Waals surface area contributed by atoms with Gasteiger partial charge in [0.2, 0.25) is 11.9 Å². The predicted octanol–water partition coefficient (Wildman–Crippen LogP) is 0.416. The van der Waals surface area contributed by atoms with Crippen LogP contribution in [0, 0.1) is 6.92 Å². The van der Waals surface area contributed by atoms with Crippen molar-refractivity contribution in [3.8, 4) is 0 Å². The van der Waals surface area contributed by atoms with E-state index in [-0.39, 0.29) is 12.5 Å². The van der Waals surface area contributed by atoms with Crippen molar-refractivity contribution in [2.24, 2.45) is 0 Å². The van der Waals surface area contributed by atoms with Crippen LogP contribution in [0.15, 0.2) is 6.20 Å². The molecule has 7 heteroatoms. The Balaban J connectivity index is 2.63. The summed E-state index contributed by atoms with van der Waals surface area (Å²) in [5.41, 5.74) is 0.929. The van der Waals surface area contributed by atoms with Gasteiger partial charge in [-0.1, -0.05) is 0 Å². The molecular weight excluding hydrogens is 258 g/mol. The molecule has 0 spiro atoms. The van der Waals surface area contributed by atoms with Crippen LogP contribution in [0.25, 0.3) is 0 Å². The fourth-order valence-corrected chi connectivity index (χ4v) is 1.70. The number of likely N-dealkylation sites (N-methyl/N-ethyl adjacent to an activating group) is 1. The van der Waals surface area contributed by atoms with E-state index in [1.54, 1.807) is 18.2 Å². The lowest BCUT2D eigenvalue weighted by atomic mass is 10.3. The first-order valence-corrected chi connectivity index (χ1v) is 6.62. The van der Waals surface area contributed by atoms with Gasteiger partial charge in [-0.15, -0.1) is 0 Å². The molecule has 0 radical (unpaired) electrons. The molecule has 0 fully saturated rings. The van der Waals surface area contributed by atoms with Crippen LogP contribution in [0.3, 0.4) is 0 Å². The third-order valence-electron chi connectivity index (χ3n) is 2.65. The quantitative estimate of drug-likeness (QED) is 0.672. The molecule has 7 nitrogen and oxygen atoms in total. The van der Waals surface area contributed by atoms with Crippen molar-refractivity contribution >= 4 is 17.7 Å². The zero-order chi connectivity index (χ0) is 15.0. The number of rotatable bonds is 8. The van der Waals surface area contributed by atoms with Gasteiger partial charge in [-0.3, -0.25) is 4.79 Å². The van der Waals surface area contributed by atoms with Gasteiger partial charge in [-0.2, -0.15) is 4.98 Å². The number of hydrogen-bond acceptors (Lipinski definition) is 6. The van der Waals surface area contributed by atoms with E-state index in [0.717, 1.165) is 17.9 Å². The summed E-state index contributed by atoms with van der Waals surface area (Å²) in [4.78, 5) is 22.2. The second kappa shape index (κ2) is 8.31. The highest BCUT2D eigenvalue weighted by Crippen LogP contribution is 2.16. The number of carbonyl (C=O) groups excluding carboxylic acids is 1. The summed E-state index contributed by atoms with van der Waals surface area (Å²) < 4.78 is 4.89. The highest BCUT2D eigenvalue weighted by Gasteiger charge is 2.12. The Bertz CT molecular complexity index is 439. The van der Waals surface area contributed by atoms with E-state index in [4.69, 9.17) is 4.74 Å². The van der Waals surface area contributed by atoms with Crippen LogP contribution < -0.4 is 15.5 Å². The molecule has 0 aliphatic carbocycles. The first kappa shape index (κ1) is 16.2. The SMILES string of the molecule is CCNc1ncc(C)c(N(C)CC(=O)NCCOC)n1. The molecule has 0 atom stereocenters. The molecule has 1 aromatic rings. The van der Waals surface area contributed by atoms with Gasteiger partial charge < -0.3 is 20.3 Å². The Morgan fingerprint density at radius 1 is 1.50 bits per heavy atom. The first-order chi connectivity index (χ1) is 9.58. The van der Waals surface area contributed by atoms with Crippen molar-refractivity contribution in [3.05, 3.63) is 11.8 Å². The monoisotopic (exact) mass is 281 g/mol. The second-order valence-electron chi connectivity index (χ2n) is 4.43. The lowest BCUT2D eigenvalue weighted by Gasteiger charge is -2.20. The van der Waals surface area contributed by atoms with Crippen molar-refractivity contribution in [3.63, 3.8) is 0 Å². The van der Waals surface area contributed by atoms with Crippen molar-refractivity contribution in [2.45, 2.75) is 13.8 Å². The molecule has 0 aliphatic rings. The lowest BCUT2D eigenvalue weighted by molar-refractivity contribution is -0.119. The molecule has 112 valence electrons. The number of ether oxygens (including phenoxy) is 1. The number of methoxy groups -OCH3 is 1. The van der Waals surface area contributed by atoms with E-state index in [0.29, 0.717) is 19.1 Å². The Hall–Kier alpha value is -1.89. The summed E-state index contributed by atoms with van der Waals surface area (Å²) in [6.45, 7) is 5.91. The smallest absolute Gasteiger partial charge is 0.239 e. The molecular formula is C13H23N5O2. The fraction of sp³-hybridized carbons (Fsp3) is 0.615. The van der Waals surface area contributed by atoms with Crippen molar-refractivity contribution in [1.82, 2.24) is 15.3 Å². The van der Waals surface area contributed by atoms with Gasteiger partial charge in [0, 0.05) is 39.0 Å². The largest absolute Gasteiger partial charge is 0.383 e. The van der Waals surface area contributed by atoms with Crippen molar-refractivity contribution in [1.29, 1.82) is 0 Å². The van der Waals surface area contributed by atoms with Gasteiger partial charge in [0.1, 0.15) is 5.82 Å². The van der Waals surface area contributed by atoms with Gasteiger partial charge in [-0.25, -0.2) is 4.98 Å². The molecule has 0 aliphatic heterocycles. The average Bonchev–Trinajstić information content (AvgIpc) is 2.41. The van der Waals surface area contributed by atoms with E-state index in [9.17, 15) is 4.79 Å². The van der Waals surface area contributed by atoms with Crippen molar-refractivity contribution in [2.75, 3.05) is 50.6 Å². The minimum absolute atomic E-state index is 0.0624. The normalized spacial score (nSPS) is 10.2. The Labute approximate surface area is 119 Å². The standard InChI is InChI=1S/C13H23N5O2/c1-5-14-13-16-8-10(2)12(17-13)18(3)9-11(19)15-6-7-20-4/h8H,5-7,9H2,1-4H3,(H,15,19)(H,14,16,17). The molecule has 1 rings (SSSR count). The van der Waals surface area contributed by atoms with E-state index < -0.39 is 0 Å². The number of amides is 1. The number of hydrogen-bond donors (Lipinski definition) is 2. The van der Waals surface area contributed by atoms with Crippen LogP contribution in [0.4, 0.5) is 11.8 Å². The van der Waals surface area contributed by atoms with E-state index >= 15 is 0 Å². The maximum absolute atomic E-state index is 11.8. The van der Waals surface area contributed by atoms with Crippen LogP contribution in [0.2, 0.25) is 0 Å². The molecule has 1 heterocycles. The van der Waals surface area contributed by atoms with Gasteiger partial charge >= 0.3 is 0 Å². The van der Waals surface area contributed by atoms with Crippen LogP contribution in [0.5, 0.6) is 0 Å². The molecule has 0 unspecified atom stereocenters. The minimum atomic E-state index is -0.0624. The molecule has 0 bridgehead atoms. The maximum Gasteiger partial charge on any atom is 0.239 e. The number of nitrogens with zero attached hydrogens (tertiary/aromatic N) is 3. The lowest BCUT2D eigenvalue weighted by Crippen LogP contribution is -2.37. The highest BCUT2D eigenvalue weighted by molar-refractivity contribution is 5.81. The zero-order valence-corrected chi connectivity index (χ0v) is 12.6. The molecule has 0 saturated carbocycles. The maximum atomic E-state index is 11.8. The number of aromatic nitrogens is 2. The van der Waals surface area contributed by atoms with E-state index in [1.165, 1.54) is 0 Å². The Morgan fingerprint density at radius 2 is 2.25 bits per heavy atom. The topological polar surface area (TPSA) is 79.4 Å². The van der Waals surface area contributed by atoms with Gasteiger partial charge in [-0.05, 0) is 13.8 Å². The van der Waals surface area contributed by atoms with Crippen LogP contribution in [-0.4, -0.2) is 56.3 Å². The number of carbonyl (C=O) groups is 1. The summed E-state index contributed by atoms with van der Waals surface area (Å²) in [6.07, 6.45) is 1.75.